The summed E-state index contributed by atoms with van der Waals surface area (Å²) >= 11 is 0. The van der Waals surface area contributed by atoms with Gasteiger partial charge in [-0.05, 0) is 43.4 Å². The van der Waals surface area contributed by atoms with E-state index in [9.17, 15) is 0 Å². The highest BCUT2D eigenvalue weighted by molar-refractivity contribution is 5.32. The molecular formula is C15H20N4. The van der Waals surface area contributed by atoms with Crippen LogP contribution < -0.4 is 5.32 Å². The molecule has 19 heavy (non-hydrogen) atoms. The molecule has 2 aromatic rings. The van der Waals surface area contributed by atoms with Gasteiger partial charge in [0.1, 0.15) is 0 Å². The molecule has 1 atom stereocenters. The van der Waals surface area contributed by atoms with Gasteiger partial charge in [0, 0.05) is 18.8 Å². The number of aryl methyl sites for hydroxylation is 2. The molecule has 1 aliphatic carbocycles. The van der Waals surface area contributed by atoms with Gasteiger partial charge in [0.25, 0.3) is 0 Å². The molecule has 0 bridgehead atoms. The molecule has 1 aromatic carbocycles. The Kier molecular flexibility index (Phi) is 3.89. The van der Waals surface area contributed by atoms with Gasteiger partial charge < -0.3 is 5.32 Å². The van der Waals surface area contributed by atoms with Crippen molar-refractivity contribution < 1.29 is 0 Å². The summed E-state index contributed by atoms with van der Waals surface area (Å²) in [7, 11) is 0. The van der Waals surface area contributed by atoms with E-state index >= 15 is 0 Å². The van der Waals surface area contributed by atoms with Crippen molar-refractivity contribution in [3.63, 3.8) is 0 Å². The highest BCUT2D eigenvalue weighted by Gasteiger charge is 2.18. The number of benzene rings is 1. The maximum atomic E-state index is 3.98. The number of fused-ring (bicyclic) bond motifs is 1. The Morgan fingerprint density at radius 2 is 2.26 bits per heavy atom. The Labute approximate surface area is 113 Å². The predicted octanol–water partition coefficient (Wildman–Crippen LogP) is 2.34. The molecule has 0 saturated carbocycles. The monoisotopic (exact) mass is 256 g/mol. The van der Waals surface area contributed by atoms with E-state index in [0.29, 0.717) is 6.04 Å². The summed E-state index contributed by atoms with van der Waals surface area (Å²) in [5, 5.41) is 11.5. The van der Waals surface area contributed by atoms with Crippen LogP contribution in [0, 0.1) is 0 Å². The van der Waals surface area contributed by atoms with E-state index in [1.54, 1.807) is 6.20 Å². The summed E-state index contributed by atoms with van der Waals surface area (Å²) in [6.45, 7) is 1.96. The standard InChI is InChI=1S/C15H20N4/c1-2-7-14-13(5-1)6-3-8-15(14)16-9-4-11-19-12-10-17-18-19/h1-2,5,7,10,12,15-16H,3-4,6,8-9,11H2. The van der Waals surface area contributed by atoms with Gasteiger partial charge in [-0.25, -0.2) is 0 Å². The lowest BCUT2D eigenvalue weighted by atomic mass is 9.88. The van der Waals surface area contributed by atoms with E-state index in [1.807, 2.05) is 10.9 Å². The molecule has 0 fully saturated rings. The molecule has 0 saturated heterocycles. The fourth-order valence-electron chi connectivity index (χ4n) is 2.84. The molecule has 4 nitrogen and oxygen atoms in total. The Morgan fingerprint density at radius 3 is 3.16 bits per heavy atom. The molecule has 0 spiro atoms. The minimum Gasteiger partial charge on any atom is -0.310 e. The van der Waals surface area contributed by atoms with E-state index in [2.05, 4.69) is 39.9 Å². The van der Waals surface area contributed by atoms with Crippen LogP contribution in [0.4, 0.5) is 0 Å². The fraction of sp³-hybridized carbons (Fsp3) is 0.467. The third-order valence-corrected chi connectivity index (χ3v) is 3.80. The average Bonchev–Trinajstić information content (AvgIpc) is 2.97. The molecule has 1 aliphatic rings. The van der Waals surface area contributed by atoms with Crippen LogP contribution in [0.1, 0.15) is 36.4 Å². The Bertz CT molecular complexity index is 507. The van der Waals surface area contributed by atoms with Crippen molar-refractivity contribution in [3.8, 4) is 0 Å². The first-order valence-corrected chi connectivity index (χ1v) is 7.09. The van der Waals surface area contributed by atoms with Crippen LogP contribution in [0.3, 0.4) is 0 Å². The van der Waals surface area contributed by atoms with Gasteiger partial charge in [-0.3, -0.25) is 4.68 Å². The summed E-state index contributed by atoms with van der Waals surface area (Å²) in [6.07, 6.45) is 8.49. The lowest BCUT2D eigenvalue weighted by Crippen LogP contribution is -2.26. The molecule has 4 heteroatoms. The molecule has 100 valence electrons. The van der Waals surface area contributed by atoms with Crippen molar-refractivity contribution in [3.05, 3.63) is 47.8 Å². The van der Waals surface area contributed by atoms with Crippen LogP contribution in [0.15, 0.2) is 36.7 Å². The summed E-state index contributed by atoms with van der Waals surface area (Å²) in [5.74, 6) is 0. The van der Waals surface area contributed by atoms with E-state index in [0.717, 1.165) is 19.5 Å². The third kappa shape index (κ3) is 3.01. The number of rotatable bonds is 5. The van der Waals surface area contributed by atoms with Crippen molar-refractivity contribution in [1.82, 2.24) is 20.3 Å². The average molecular weight is 256 g/mol. The van der Waals surface area contributed by atoms with Gasteiger partial charge in [0.15, 0.2) is 0 Å². The van der Waals surface area contributed by atoms with Gasteiger partial charge in [-0.15, -0.1) is 5.10 Å². The zero-order valence-corrected chi connectivity index (χ0v) is 11.1. The van der Waals surface area contributed by atoms with Crippen LogP contribution >= 0.6 is 0 Å². The Hall–Kier alpha value is -1.68. The maximum Gasteiger partial charge on any atom is 0.0692 e. The van der Waals surface area contributed by atoms with Crippen molar-refractivity contribution >= 4 is 0 Å². The second kappa shape index (κ2) is 5.97. The lowest BCUT2D eigenvalue weighted by molar-refractivity contribution is 0.438. The van der Waals surface area contributed by atoms with Gasteiger partial charge in [-0.1, -0.05) is 29.5 Å². The summed E-state index contributed by atoms with van der Waals surface area (Å²) < 4.78 is 1.89. The molecule has 0 amide bonds. The van der Waals surface area contributed by atoms with Crippen LogP contribution in [-0.4, -0.2) is 21.5 Å². The molecule has 1 N–H and O–H groups in total. The van der Waals surface area contributed by atoms with Crippen LogP contribution in [0.2, 0.25) is 0 Å². The number of aromatic nitrogens is 3. The third-order valence-electron chi connectivity index (χ3n) is 3.80. The minimum absolute atomic E-state index is 0.528. The Balaban J connectivity index is 1.51. The second-order valence-electron chi connectivity index (χ2n) is 5.12. The fourth-order valence-corrected chi connectivity index (χ4v) is 2.84. The smallest absolute Gasteiger partial charge is 0.0692 e. The zero-order chi connectivity index (χ0) is 12.9. The van der Waals surface area contributed by atoms with Gasteiger partial charge in [-0.2, -0.15) is 0 Å². The molecule has 0 aliphatic heterocycles. The van der Waals surface area contributed by atoms with Gasteiger partial charge in [0.2, 0.25) is 0 Å². The highest BCUT2D eigenvalue weighted by Crippen LogP contribution is 2.29. The highest BCUT2D eigenvalue weighted by atomic mass is 15.4. The first kappa shape index (κ1) is 12.4. The van der Waals surface area contributed by atoms with Gasteiger partial charge in [0.05, 0.1) is 6.20 Å². The molecule has 1 aromatic heterocycles. The van der Waals surface area contributed by atoms with E-state index in [1.165, 1.54) is 30.4 Å². The van der Waals surface area contributed by atoms with E-state index < -0.39 is 0 Å². The zero-order valence-electron chi connectivity index (χ0n) is 11.1. The summed E-state index contributed by atoms with van der Waals surface area (Å²) in [6, 6.07) is 9.35. The maximum absolute atomic E-state index is 3.98. The van der Waals surface area contributed by atoms with Crippen LogP contribution in [0.25, 0.3) is 0 Å². The minimum atomic E-state index is 0.528. The Morgan fingerprint density at radius 1 is 1.32 bits per heavy atom. The molecule has 1 heterocycles. The molecule has 1 unspecified atom stereocenters. The topological polar surface area (TPSA) is 42.7 Å². The quantitative estimate of drug-likeness (QED) is 0.835. The molecule has 3 rings (SSSR count). The number of hydrogen-bond donors (Lipinski definition) is 1. The van der Waals surface area contributed by atoms with Crippen LogP contribution in [0.5, 0.6) is 0 Å². The van der Waals surface area contributed by atoms with Crippen LogP contribution in [-0.2, 0) is 13.0 Å². The van der Waals surface area contributed by atoms with Crippen molar-refractivity contribution in [2.24, 2.45) is 0 Å². The molecular weight excluding hydrogens is 236 g/mol. The summed E-state index contributed by atoms with van der Waals surface area (Å²) in [4.78, 5) is 0. The summed E-state index contributed by atoms with van der Waals surface area (Å²) in [5.41, 5.74) is 3.01. The lowest BCUT2D eigenvalue weighted by Gasteiger charge is -2.26. The predicted molar refractivity (Wildman–Crippen MR) is 74.8 cm³/mol. The van der Waals surface area contributed by atoms with Crippen molar-refractivity contribution in [2.45, 2.75) is 38.3 Å². The second-order valence-corrected chi connectivity index (χ2v) is 5.12. The van der Waals surface area contributed by atoms with E-state index in [-0.39, 0.29) is 0 Å². The number of hydrogen-bond acceptors (Lipinski definition) is 3. The largest absolute Gasteiger partial charge is 0.310 e. The van der Waals surface area contributed by atoms with Crippen molar-refractivity contribution in [1.29, 1.82) is 0 Å². The first-order chi connectivity index (χ1) is 9.43. The van der Waals surface area contributed by atoms with Crippen molar-refractivity contribution in [2.75, 3.05) is 6.54 Å². The normalized spacial score (nSPS) is 18.2. The number of nitrogens with zero attached hydrogens (tertiary/aromatic N) is 3. The first-order valence-electron chi connectivity index (χ1n) is 7.09. The van der Waals surface area contributed by atoms with E-state index in [4.69, 9.17) is 0 Å². The number of nitrogens with one attached hydrogen (secondary N) is 1. The molecule has 0 radical (unpaired) electrons. The van der Waals surface area contributed by atoms with Gasteiger partial charge >= 0.3 is 0 Å². The SMILES string of the molecule is c1ccc2c(c1)CCCC2NCCCn1ccnn1.